The van der Waals surface area contributed by atoms with Gasteiger partial charge in [-0.2, -0.15) is 0 Å². The van der Waals surface area contributed by atoms with Crippen LogP contribution in [-0.4, -0.2) is 71.7 Å². The van der Waals surface area contributed by atoms with Crippen LogP contribution in [0.1, 0.15) is 45.7 Å². The Bertz CT molecular complexity index is 839. The van der Waals surface area contributed by atoms with Crippen molar-refractivity contribution >= 4 is 18.0 Å². The standard InChI is InChI=1S/C22H30FN3O5/c1-13(14-6-8-15(23)9-7-14)26-16-10-18(19(26)27)25(11-16)12-17(20(28)30-5)24-21(29)31-22(2,3)4/h6-9,13,16-18H,10-12H2,1-5H3,(H,24,29)/t13-,16+,17-,18+/m0/s1. The number of ether oxygens (including phenoxy) is 2. The molecule has 170 valence electrons. The van der Waals surface area contributed by atoms with Crippen LogP contribution >= 0.6 is 0 Å². The average Bonchev–Trinajstić information content (AvgIpc) is 3.22. The molecule has 4 atom stereocenters. The Morgan fingerprint density at radius 2 is 1.90 bits per heavy atom. The van der Waals surface area contributed by atoms with E-state index in [1.54, 1.807) is 32.9 Å². The number of esters is 1. The Hall–Kier alpha value is -2.68. The highest BCUT2D eigenvalue weighted by Crippen LogP contribution is 2.37. The van der Waals surface area contributed by atoms with E-state index in [-0.39, 0.29) is 36.4 Å². The van der Waals surface area contributed by atoms with Gasteiger partial charge in [0.2, 0.25) is 5.91 Å². The molecular weight excluding hydrogens is 405 g/mol. The second-order valence-corrected chi connectivity index (χ2v) is 9.05. The number of hydrogen-bond acceptors (Lipinski definition) is 6. The summed E-state index contributed by atoms with van der Waals surface area (Å²) in [6.07, 6.45) is -0.0739. The van der Waals surface area contributed by atoms with Crippen LogP contribution in [0.4, 0.5) is 9.18 Å². The Morgan fingerprint density at radius 3 is 2.45 bits per heavy atom. The van der Waals surface area contributed by atoms with E-state index in [2.05, 4.69) is 5.32 Å². The Labute approximate surface area is 181 Å². The number of methoxy groups -OCH3 is 1. The topological polar surface area (TPSA) is 88.2 Å². The highest BCUT2D eigenvalue weighted by Gasteiger charge is 2.51. The van der Waals surface area contributed by atoms with E-state index in [4.69, 9.17) is 9.47 Å². The number of alkyl carbamates (subject to hydrolysis) is 1. The van der Waals surface area contributed by atoms with Gasteiger partial charge in [-0.05, 0) is 51.8 Å². The number of amides is 2. The number of nitrogens with one attached hydrogen (secondary N) is 1. The van der Waals surface area contributed by atoms with Gasteiger partial charge in [0.25, 0.3) is 0 Å². The van der Waals surface area contributed by atoms with Crippen molar-refractivity contribution in [1.82, 2.24) is 15.1 Å². The van der Waals surface area contributed by atoms with Gasteiger partial charge in [-0.1, -0.05) is 12.1 Å². The van der Waals surface area contributed by atoms with Crippen molar-refractivity contribution in [3.05, 3.63) is 35.6 Å². The summed E-state index contributed by atoms with van der Waals surface area (Å²) in [5.41, 5.74) is 0.164. The summed E-state index contributed by atoms with van der Waals surface area (Å²) in [5.74, 6) is -0.950. The molecule has 0 aromatic heterocycles. The lowest BCUT2D eigenvalue weighted by Gasteiger charge is -2.38. The van der Waals surface area contributed by atoms with Gasteiger partial charge in [-0.15, -0.1) is 0 Å². The molecule has 0 radical (unpaired) electrons. The number of nitrogens with zero attached hydrogens (tertiary/aromatic N) is 2. The molecule has 1 N–H and O–H groups in total. The Kier molecular flexibility index (Phi) is 6.54. The molecule has 2 amide bonds. The van der Waals surface area contributed by atoms with Crippen molar-refractivity contribution in [1.29, 1.82) is 0 Å². The summed E-state index contributed by atoms with van der Waals surface area (Å²) in [6, 6.07) is 4.64. The zero-order valence-corrected chi connectivity index (χ0v) is 18.6. The van der Waals surface area contributed by atoms with Crippen LogP contribution in [0.15, 0.2) is 24.3 Å². The summed E-state index contributed by atoms with van der Waals surface area (Å²) in [4.78, 5) is 41.2. The van der Waals surface area contributed by atoms with E-state index < -0.39 is 23.7 Å². The van der Waals surface area contributed by atoms with Crippen LogP contribution in [0, 0.1) is 5.82 Å². The van der Waals surface area contributed by atoms with Crippen LogP contribution < -0.4 is 5.32 Å². The molecule has 0 aliphatic carbocycles. The molecule has 0 unspecified atom stereocenters. The number of carbonyl (C=O) groups excluding carboxylic acids is 3. The maximum Gasteiger partial charge on any atom is 0.408 e. The van der Waals surface area contributed by atoms with E-state index in [1.807, 2.05) is 16.7 Å². The molecule has 1 aromatic carbocycles. The summed E-state index contributed by atoms with van der Waals surface area (Å²) in [6.45, 7) is 7.85. The van der Waals surface area contributed by atoms with Gasteiger partial charge in [-0.25, -0.2) is 14.0 Å². The molecule has 8 nitrogen and oxygen atoms in total. The maximum atomic E-state index is 13.2. The SMILES string of the molecule is COC(=O)[C@H](CN1C[C@H]2C[C@@H]1C(=O)N2[C@@H](C)c1ccc(F)cc1)NC(=O)OC(C)(C)C. The zero-order chi connectivity index (χ0) is 22.9. The number of benzene rings is 1. The summed E-state index contributed by atoms with van der Waals surface area (Å²) in [7, 11) is 1.25. The second kappa shape index (κ2) is 8.82. The molecule has 2 bridgehead atoms. The van der Waals surface area contributed by atoms with Gasteiger partial charge in [0, 0.05) is 19.1 Å². The van der Waals surface area contributed by atoms with Gasteiger partial charge in [0.1, 0.15) is 17.5 Å². The molecule has 2 aliphatic rings. The minimum Gasteiger partial charge on any atom is -0.467 e. The van der Waals surface area contributed by atoms with Crippen LogP contribution in [0.25, 0.3) is 0 Å². The first-order valence-electron chi connectivity index (χ1n) is 10.4. The molecule has 31 heavy (non-hydrogen) atoms. The molecule has 2 heterocycles. The third-order valence-corrected chi connectivity index (χ3v) is 5.68. The zero-order valence-electron chi connectivity index (χ0n) is 18.6. The average molecular weight is 435 g/mol. The second-order valence-electron chi connectivity index (χ2n) is 9.05. The van der Waals surface area contributed by atoms with E-state index in [1.165, 1.54) is 19.2 Å². The fraction of sp³-hybridized carbons (Fsp3) is 0.591. The van der Waals surface area contributed by atoms with Crippen molar-refractivity contribution in [3.8, 4) is 0 Å². The number of halogens is 1. The van der Waals surface area contributed by atoms with E-state index in [0.717, 1.165) is 5.56 Å². The Morgan fingerprint density at radius 1 is 1.26 bits per heavy atom. The van der Waals surface area contributed by atoms with Gasteiger partial charge < -0.3 is 19.7 Å². The van der Waals surface area contributed by atoms with Crippen molar-refractivity contribution in [2.75, 3.05) is 20.2 Å². The predicted molar refractivity (Wildman–Crippen MR) is 111 cm³/mol. The van der Waals surface area contributed by atoms with E-state index >= 15 is 0 Å². The third-order valence-electron chi connectivity index (χ3n) is 5.68. The number of fused-ring (bicyclic) bond motifs is 2. The lowest BCUT2D eigenvalue weighted by atomic mass is 10.1. The Balaban J connectivity index is 1.66. The normalized spacial score (nSPS) is 22.9. The molecule has 1 aromatic rings. The summed E-state index contributed by atoms with van der Waals surface area (Å²) >= 11 is 0. The predicted octanol–water partition coefficient (Wildman–Crippen LogP) is 2.24. The highest BCUT2D eigenvalue weighted by atomic mass is 19.1. The molecule has 2 aliphatic heterocycles. The van der Waals surface area contributed by atoms with Crippen molar-refractivity contribution in [2.45, 2.75) is 63.9 Å². The van der Waals surface area contributed by atoms with Crippen LogP contribution in [0.2, 0.25) is 0 Å². The molecule has 3 rings (SSSR count). The fourth-order valence-electron chi connectivity index (χ4n) is 4.31. The number of piperazine rings is 1. The van der Waals surface area contributed by atoms with E-state index in [9.17, 15) is 18.8 Å². The highest BCUT2D eigenvalue weighted by molar-refractivity contribution is 5.87. The summed E-state index contributed by atoms with van der Waals surface area (Å²) < 4.78 is 23.3. The molecular formula is C22H30FN3O5. The van der Waals surface area contributed by atoms with Gasteiger partial charge in [0.05, 0.1) is 19.2 Å². The minimum absolute atomic E-state index is 0.0163. The lowest BCUT2D eigenvalue weighted by Crippen LogP contribution is -2.56. The van der Waals surface area contributed by atoms with Gasteiger partial charge in [-0.3, -0.25) is 9.69 Å². The first-order valence-corrected chi connectivity index (χ1v) is 10.4. The third kappa shape index (κ3) is 5.15. The number of carbonyl (C=O) groups is 3. The first kappa shape index (κ1) is 23.0. The lowest BCUT2D eigenvalue weighted by molar-refractivity contribution is -0.146. The number of likely N-dealkylation sites (tertiary alicyclic amines) is 2. The number of rotatable bonds is 6. The monoisotopic (exact) mass is 435 g/mol. The molecule has 9 heteroatoms. The minimum atomic E-state index is -0.949. The van der Waals surface area contributed by atoms with Crippen molar-refractivity contribution < 1.29 is 28.2 Å². The van der Waals surface area contributed by atoms with Gasteiger partial charge >= 0.3 is 12.1 Å². The van der Waals surface area contributed by atoms with Gasteiger partial charge in [0.15, 0.2) is 0 Å². The molecule has 2 fully saturated rings. The van der Waals surface area contributed by atoms with Crippen LogP contribution in [0.3, 0.4) is 0 Å². The molecule has 0 saturated carbocycles. The van der Waals surface area contributed by atoms with Crippen molar-refractivity contribution in [3.63, 3.8) is 0 Å². The number of hydrogen-bond donors (Lipinski definition) is 1. The van der Waals surface area contributed by atoms with E-state index in [0.29, 0.717) is 13.0 Å². The molecule has 2 saturated heterocycles. The van der Waals surface area contributed by atoms with Crippen LogP contribution in [-0.2, 0) is 19.1 Å². The van der Waals surface area contributed by atoms with Crippen molar-refractivity contribution in [2.24, 2.45) is 0 Å². The quantitative estimate of drug-likeness (QED) is 0.690. The maximum absolute atomic E-state index is 13.2. The smallest absolute Gasteiger partial charge is 0.408 e. The fourth-order valence-corrected chi connectivity index (χ4v) is 4.31. The largest absolute Gasteiger partial charge is 0.467 e. The summed E-state index contributed by atoms with van der Waals surface area (Å²) in [5, 5.41) is 2.55. The molecule has 0 spiro atoms. The van der Waals surface area contributed by atoms with Crippen LogP contribution in [0.5, 0.6) is 0 Å². The first-order chi connectivity index (χ1) is 14.5.